The number of Topliss-reactive ketones (excluding diaryl/α,β-unsaturated/α-hetero) is 1. The third-order valence-electron chi connectivity index (χ3n) is 4.76. The smallest absolute Gasteiger partial charge is 0.337 e. The van der Waals surface area contributed by atoms with Crippen LogP contribution in [0, 0.1) is 6.92 Å². The molecule has 0 fully saturated rings. The first-order valence-electron chi connectivity index (χ1n) is 7.75. The summed E-state index contributed by atoms with van der Waals surface area (Å²) >= 11 is 3.55. The van der Waals surface area contributed by atoms with Crippen LogP contribution in [-0.4, -0.2) is 18.4 Å². The summed E-state index contributed by atoms with van der Waals surface area (Å²) in [5.41, 5.74) is 5.18. The quantitative estimate of drug-likeness (QED) is 0.767. The van der Waals surface area contributed by atoms with Gasteiger partial charge in [-0.25, -0.2) is 4.79 Å². The molecule has 118 valence electrons. The SMILES string of the molecule is Cc1ccc([C@@H]2C3=C(CCCC3=O)NC3=C2C(=O)OC3)cc1Br. The Morgan fingerprint density at radius 3 is 2.78 bits per heavy atom. The maximum Gasteiger partial charge on any atom is 0.337 e. The van der Waals surface area contributed by atoms with Crippen molar-refractivity contribution in [2.24, 2.45) is 0 Å². The minimum absolute atomic E-state index is 0.131. The molecule has 0 radical (unpaired) electrons. The Hall–Kier alpha value is -1.88. The second-order valence-corrected chi connectivity index (χ2v) is 7.06. The summed E-state index contributed by atoms with van der Waals surface area (Å²) in [7, 11) is 0. The Balaban J connectivity index is 1.91. The van der Waals surface area contributed by atoms with Crippen molar-refractivity contribution >= 4 is 27.7 Å². The molecule has 5 heteroatoms. The van der Waals surface area contributed by atoms with Gasteiger partial charge in [0.1, 0.15) is 6.61 Å². The van der Waals surface area contributed by atoms with E-state index in [0.29, 0.717) is 12.0 Å². The van der Waals surface area contributed by atoms with Crippen LogP contribution in [-0.2, 0) is 14.3 Å². The molecule has 4 rings (SSSR count). The number of dihydropyridines is 1. The predicted molar refractivity (Wildman–Crippen MR) is 88.6 cm³/mol. The van der Waals surface area contributed by atoms with Gasteiger partial charge in [-0.15, -0.1) is 0 Å². The van der Waals surface area contributed by atoms with E-state index in [1.807, 2.05) is 25.1 Å². The van der Waals surface area contributed by atoms with E-state index < -0.39 is 0 Å². The summed E-state index contributed by atoms with van der Waals surface area (Å²) in [6.45, 7) is 2.28. The number of hydrogen-bond acceptors (Lipinski definition) is 4. The number of hydrogen-bond donors (Lipinski definition) is 1. The molecule has 0 saturated heterocycles. The largest absolute Gasteiger partial charge is 0.456 e. The molecule has 23 heavy (non-hydrogen) atoms. The van der Waals surface area contributed by atoms with Crippen molar-refractivity contribution in [3.05, 3.63) is 56.3 Å². The van der Waals surface area contributed by atoms with Crippen LogP contribution in [0.2, 0.25) is 0 Å². The topological polar surface area (TPSA) is 55.4 Å². The van der Waals surface area contributed by atoms with E-state index in [9.17, 15) is 9.59 Å². The Morgan fingerprint density at radius 2 is 2.00 bits per heavy atom. The molecule has 0 spiro atoms. The molecule has 0 saturated carbocycles. The van der Waals surface area contributed by atoms with Crippen molar-refractivity contribution < 1.29 is 14.3 Å². The zero-order chi connectivity index (χ0) is 16.1. The van der Waals surface area contributed by atoms with E-state index in [4.69, 9.17) is 4.74 Å². The number of aryl methyl sites for hydroxylation is 1. The Bertz CT molecular complexity index is 806. The van der Waals surface area contributed by atoms with Crippen LogP contribution < -0.4 is 5.32 Å². The Morgan fingerprint density at radius 1 is 1.17 bits per heavy atom. The van der Waals surface area contributed by atoms with Gasteiger partial charge in [0.15, 0.2) is 5.78 Å². The highest BCUT2D eigenvalue weighted by Gasteiger charge is 2.42. The van der Waals surface area contributed by atoms with Crippen molar-refractivity contribution in [2.45, 2.75) is 32.1 Å². The molecule has 2 aliphatic heterocycles. The summed E-state index contributed by atoms with van der Waals surface area (Å²) in [5, 5.41) is 3.28. The fourth-order valence-corrected chi connectivity index (χ4v) is 3.99. The number of benzene rings is 1. The van der Waals surface area contributed by atoms with Crippen molar-refractivity contribution in [1.29, 1.82) is 0 Å². The third-order valence-corrected chi connectivity index (χ3v) is 5.61. The van der Waals surface area contributed by atoms with Gasteiger partial charge < -0.3 is 10.1 Å². The van der Waals surface area contributed by atoms with Crippen LogP contribution in [0.1, 0.15) is 36.3 Å². The van der Waals surface area contributed by atoms with Gasteiger partial charge in [0, 0.05) is 28.1 Å². The van der Waals surface area contributed by atoms with Gasteiger partial charge in [-0.2, -0.15) is 0 Å². The lowest BCUT2D eigenvalue weighted by atomic mass is 9.75. The Labute approximate surface area is 142 Å². The number of nitrogens with one attached hydrogen (secondary N) is 1. The minimum atomic E-state index is -0.320. The summed E-state index contributed by atoms with van der Waals surface area (Å²) < 4.78 is 6.20. The van der Waals surface area contributed by atoms with Crippen LogP contribution in [0.25, 0.3) is 0 Å². The number of carbonyl (C=O) groups is 2. The second-order valence-electron chi connectivity index (χ2n) is 6.20. The summed E-state index contributed by atoms with van der Waals surface area (Å²) in [6, 6.07) is 6.02. The average Bonchev–Trinajstić information content (AvgIpc) is 2.90. The summed E-state index contributed by atoms with van der Waals surface area (Å²) in [5.74, 6) is -0.508. The van der Waals surface area contributed by atoms with Crippen LogP contribution in [0.5, 0.6) is 0 Å². The minimum Gasteiger partial charge on any atom is -0.456 e. The van der Waals surface area contributed by atoms with Gasteiger partial charge in [0.05, 0.1) is 11.3 Å². The van der Waals surface area contributed by atoms with Crippen LogP contribution in [0.4, 0.5) is 0 Å². The maximum absolute atomic E-state index is 12.6. The molecule has 3 aliphatic rings. The monoisotopic (exact) mass is 373 g/mol. The van der Waals surface area contributed by atoms with Gasteiger partial charge in [-0.3, -0.25) is 4.79 Å². The van der Waals surface area contributed by atoms with Gasteiger partial charge in [-0.1, -0.05) is 28.1 Å². The molecule has 0 amide bonds. The highest BCUT2D eigenvalue weighted by Crippen LogP contribution is 2.44. The lowest BCUT2D eigenvalue weighted by Gasteiger charge is -2.32. The molecular weight excluding hydrogens is 358 g/mol. The van der Waals surface area contributed by atoms with Crippen molar-refractivity contribution in [3.8, 4) is 0 Å². The average molecular weight is 374 g/mol. The van der Waals surface area contributed by atoms with Crippen molar-refractivity contribution in [2.75, 3.05) is 6.61 Å². The van der Waals surface area contributed by atoms with E-state index in [1.165, 1.54) is 0 Å². The van der Waals surface area contributed by atoms with Crippen LogP contribution in [0.15, 0.2) is 45.2 Å². The van der Waals surface area contributed by atoms with E-state index >= 15 is 0 Å². The zero-order valence-electron chi connectivity index (χ0n) is 12.7. The maximum atomic E-state index is 12.6. The number of ether oxygens (including phenoxy) is 1. The normalized spacial score (nSPS) is 23.5. The number of cyclic esters (lactones) is 1. The predicted octanol–water partition coefficient (Wildman–Crippen LogP) is 3.26. The molecule has 1 atom stereocenters. The molecule has 4 nitrogen and oxygen atoms in total. The van der Waals surface area contributed by atoms with Crippen molar-refractivity contribution in [1.82, 2.24) is 5.32 Å². The van der Waals surface area contributed by atoms with Gasteiger partial charge in [-0.05, 0) is 37.0 Å². The third kappa shape index (κ3) is 2.26. The van der Waals surface area contributed by atoms with E-state index in [-0.39, 0.29) is 24.3 Å². The van der Waals surface area contributed by atoms with Gasteiger partial charge in [0.2, 0.25) is 0 Å². The lowest BCUT2D eigenvalue weighted by Crippen LogP contribution is -2.32. The highest BCUT2D eigenvalue weighted by molar-refractivity contribution is 9.10. The van der Waals surface area contributed by atoms with Gasteiger partial charge >= 0.3 is 5.97 Å². The molecule has 1 aromatic carbocycles. The molecule has 0 unspecified atom stereocenters. The van der Waals surface area contributed by atoms with Crippen molar-refractivity contribution in [3.63, 3.8) is 0 Å². The number of esters is 1. The lowest BCUT2D eigenvalue weighted by molar-refractivity contribution is -0.136. The Kier molecular flexibility index (Phi) is 3.41. The number of rotatable bonds is 1. The zero-order valence-corrected chi connectivity index (χ0v) is 14.3. The fourth-order valence-electron chi connectivity index (χ4n) is 3.59. The highest BCUT2D eigenvalue weighted by atomic mass is 79.9. The van der Waals surface area contributed by atoms with Crippen LogP contribution in [0.3, 0.4) is 0 Å². The number of carbonyl (C=O) groups excluding carboxylic acids is 2. The number of ketones is 1. The molecular formula is C18H16BrNO3. The van der Waals surface area contributed by atoms with Gasteiger partial charge in [0.25, 0.3) is 0 Å². The van der Waals surface area contributed by atoms with E-state index in [0.717, 1.165) is 45.4 Å². The first-order valence-corrected chi connectivity index (χ1v) is 8.55. The van der Waals surface area contributed by atoms with E-state index in [1.54, 1.807) is 0 Å². The summed E-state index contributed by atoms with van der Waals surface area (Å²) in [6.07, 6.45) is 2.24. The first-order chi connectivity index (χ1) is 11.1. The molecule has 0 bridgehead atoms. The molecule has 1 aromatic rings. The molecule has 2 heterocycles. The molecule has 0 aromatic heterocycles. The van der Waals surface area contributed by atoms with E-state index in [2.05, 4.69) is 21.2 Å². The second kappa shape index (κ2) is 5.34. The molecule has 1 N–H and O–H groups in total. The standard InChI is InChI=1S/C18H16BrNO3/c1-9-5-6-10(7-11(9)19)15-16-12(3-2-4-14(16)21)20-13-8-23-18(22)17(13)15/h5-7,15,20H,2-4,8H2,1H3/t15-/m1/s1. The van der Waals surface area contributed by atoms with Crippen LogP contribution >= 0.6 is 15.9 Å². The number of allylic oxidation sites excluding steroid dienone is 2. The summed E-state index contributed by atoms with van der Waals surface area (Å²) in [4.78, 5) is 24.8. The number of halogens is 1. The molecule has 1 aliphatic carbocycles. The fraction of sp³-hybridized carbons (Fsp3) is 0.333. The first kappa shape index (κ1) is 14.7.